The molecular formula is C13H13BrFNOS. The van der Waals surface area contributed by atoms with E-state index in [0.717, 1.165) is 10.4 Å². The van der Waals surface area contributed by atoms with Crippen LogP contribution in [0.4, 0.5) is 4.39 Å². The standard InChI is InChI=1S/C13H13BrFNOS/c1-8-4-5-18-13(8)12(7-16)17-9-2-3-11(15)10(14)6-9/h2-6,12H,7,16H2,1H3. The van der Waals surface area contributed by atoms with Gasteiger partial charge in [-0.2, -0.15) is 0 Å². The maximum atomic E-state index is 13.1. The summed E-state index contributed by atoms with van der Waals surface area (Å²) in [6.07, 6.45) is -0.192. The van der Waals surface area contributed by atoms with E-state index in [1.807, 2.05) is 18.4 Å². The summed E-state index contributed by atoms with van der Waals surface area (Å²) in [6.45, 7) is 2.41. The quantitative estimate of drug-likeness (QED) is 0.918. The van der Waals surface area contributed by atoms with Crippen molar-refractivity contribution < 1.29 is 9.13 Å². The van der Waals surface area contributed by atoms with Gasteiger partial charge >= 0.3 is 0 Å². The lowest BCUT2D eigenvalue weighted by Gasteiger charge is -2.17. The number of benzene rings is 1. The number of nitrogens with two attached hydrogens (primary N) is 1. The number of rotatable bonds is 4. The van der Waals surface area contributed by atoms with E-state index in [1.54, 1.807) is 23.5 Å². The molecule has 2 nitrogen and oxygen atoms in total. The molecule has 0 aliphatic heterocycles. The number of aryl methyl sites for hydroxylation is 1. The summed E-state index contributed by atoms with van der Waals surface area (Å²) >= 11 is 4.76. The van der Waals surface area contributed by atoms with Crippen molar-refractivity contribution in [1.82, 2.24) is 0 Å². The third-order valence-electron chi connectivity index (χ3n) is 2.58. The molecule has 1 aromatic heterocycles. The summed E-state index contributed by atoms with van der Waals surface area (Å²) < 4.78 is 19.3. The molecule has 18 heavy (non-hydrogen) atoms. The van der Waals surface area contributed by atoms with Crippen LogP contribution >= 0.6 is 27.3 Å². The van der Waals surface area contributed by atoms with Crippen LogP contribution in [0.1, 0.15) is 16.5 Å². The molecule has 0 radical (unpaired) electrons. The highest BCUT2D eigenvalue weighted by atomic mass is 79.9. The van der Waals surface area contributed by atoms with Crippen molar-refractivity contribution >= 4 is 27.3 Å². The number of ether oxygens (including phenoxy) is 1. The van der Waals surface area contributed by atoms with Gasteiger partial charge in [0.15, 0.2) is 0 Å². The average Bonchev–Trinajstić information content (AvgIpc) is 2.77. The number of hydrogen-bond donors (Lipinski definition) is 1. The monoisotopic (exact) mass is 329 g/mol. The zero-order chi connectivity index (χ0) is 13.1. The van der Waals surface area contributed by atoms with Crippen LogP contribution in [-0.4, -0.2) is 6.54 Å². The molecule has 1 heterocycles. The Bertz CT molecular complexity index is 544. The fraction of sp³-hybridized carbons (Fsp3) is 0.231. The number of hydrogen-bond acceptors (Lipinski definition) is 3. The predicted molar refractivity (Wildman–Crippen MR) is 75.6 cm³/mol. The normalized spacial score (nSPS) is 12.4. The molecule has 0 aliphatic rings. The summed E-state index contributed by atoms with van der Waals surface area (Å²) in [4.78, 5) is 1.11. The lowest BCUT2D eigenvalue weighted by atomic mass is 10.2. The molecule has 0 bridgehead atoms. The van der Waals surface area contributed by atoms with Gasteiger partial charge in [-0.25, -0.2) is 4.39 Å². The summed E-state index contributed by atoms with van der Waals surface area (Å²) in [6, 6.07) is 6.62. The SMILES string of the molecule is Cc1ccsc1C(CN)Oc1ccc(F)c(Br)c1. The lowest BCUT2D eigenvalue weighted by Crippen LogP contribution is -2.18. The summed E-state index contributed by atoms with van der Waals surface area (Å²) in [5.74, 6) is 0.297. The molecule has 0 saturated heterocycles. The average molecular weight is 330 g/mol. The van der Waals surface area contributed by atoms with Gasteiger partial charge in [0, 0.05) is 11.4 Å². The summed E-state index contributed by atoms with van der Waals surface area (Å²) in [7, 11) is 0. The largest absolute Gasteiger partial charge is 0.484 e. The van der Waals surface area contributed by atoms with Crippen LogP contribution in [-0.2, 0) is 0 Å². The third-order valence-corrected chi connectivity index (χ3v) is 4.30. The van der Waals surface area contributed by atoms with Gasteiger partial charge in [0.25, 0.3) is 0 Å². The van der Waals surface area contributed by atoms with E-state index in [0.29, 0.717) is 16.8 Å². The Morgan fingerprint density at radius 3 is 2.78 bits per heavy atom. The van der Waals surface area contributed by atoms with Crippen molar-refractivity contribution in [2.75, 3.05) is 6.54 Å². The molecular weight excluding hydrogens is 317 g/mol. The van der Waals surface area contributed by atoms with Crippen LogP contribution in [0.25, 0.3) is 0 Å². The molecule has 5 heteroatoms. The second-order valence-corrected chi connectivity index (χ2v) is 5.69. The van der Waals surface area contributed by atoms with Crippen molar-refractivity contribution in [2.45, 2.75) is 13.0 Å². The van der Waals surface area contributed by atoms with Gasteiger partial charge in [0.2, 0.25) is 0 Å². The molecule has 2 rings (SSSR count). The van der Waals surface area contributed by atoms with Gasteiger partial charge in [0.1, 0.15) is 17.7 Å². The van der Waals surface area contributed by atoms with E-state index in [1.165, 1.54) is 6.07 Å². The highest BCUT2D eigenvalue weighted by Crippen LogP contribution is 2.29. The molecule has 96 valence electrons. The Kier molecular flexibility index (Phi) is 4.37. The van der Waals surface area contributed by atoms with E-state index in [-0.39, 0.29) is 11.9 Å². The topological polar surface area (TPSA) is 35.2 Å². The van der Waals surface area contributed by atoms with E-state index < -0.39 is 0 Å². The first-order chi connectivity index (χ1) is 8.61. The number of halogens is 2. The van der Waals surface area contributed by atoms with Gasteiger partial charge in [-0.3, -0.25) is 0 Å². The smallest absolute Gasteiger partial charge is 0.145 e. The molecule has 1 unspecified atom stereocenters. The van der Waals surface area contributed by atoms with Gasteiger partial charge in [-0.15, -0.1) is 11.3 Å². The Hall–Kier alpha value is -0.910. The Morgan fingerprint density at radius 1 is 1.44 bits per heavy atom. The van der Waals surface area contributed by atoms with Crippen LogP contribution < -0.4 is 10.5 Å². The minimum Gasteiger partial charge on any atom is -0.484 e. The van der Waals surface area contributed by atoms with Crippen LogP contribution in [0.15, 0.2) is 34.1 Å². The van der Waals surface area contributed by atoms with Crippen molar-refractivity contribution in [1.29, 1.82) is 0 Å². The zero-order valence-electron chi connectivity index (χ0n) is 9.82. The highest BCUT2D eigenvalue weighted by molar-refractivity contribution is 9.10. The zero-order valence-corrected chi connectivity index (χ0v) is 12.2. The van der Waals surface area contributed by atoms with Crippen LogP contribution in [0.2, 0.25) is 0 Å². The molecule has 0 aliphatic carbocycles. The lowest BCUT2D eigenvalue weighted by molar-refractivity contribution is 0.217. The van der Waals surface area contributed by atoms with E-state index >= 15 is 0 Å². The molecule has 1 atom stereocenters. The fourth-order valence-electron chi connectivity index (χ4n) is 1.64. The molecule has 1 aromatic carbocycles. The molecule has 0 saturated carbocycles. The van der Waals surface area contributed by atoms with Gasteiger partial charge in [-0.05, 0) is 58.1 Å². The van der Waals surface area contributed by atoms with Gasteiger partial charge < -0.3 is 10.5 Å². The Labute approximate surface area is 118 Å². The first-order valence-corrected chi connectivity index (χ1v) is 7.15. The summed E-state index contributed by atoms with van der Waals surface area (Å²) in [5.41, 5.74) is 6.91. The fourth-order valence-corrected chi connectivity index (χ4v) is 2.96. The Balaban J connectivity index is 2.20. The van der Waals surface area contributed by atoms with Crippen molar-refractivity contribution in [3.8, 4) is 5.75 Å². The van der Waals surface area contributed by atoms with Gasteiger partial charge in [-0.1, -0.05) is 0 Å². The molecule has 0 amide bonds. The second kappa shape index (κ2) is 5.82. The van der Waals surface area contributed by atoms with Crippen molar-refractivity contribution in [2.24, 2.45) is 5.73 Å². The minimum absolute atomic E-state index is 0.192. The summed E-state index contributed by atoms with van der Waals surface area (Å²) in [5, 5.41) is 2.01. The minimum atomic E-state index is -0.307. The third kappa shape index (κ3) is 2.91. The molecule has 0 fully saturated rings. The van der Waals surface area contributed by atoms with E-state index in [2.05, 4.69) is 15.9 Å². The maximum absolute atomic E-state index is 13.1. The first kappa shape index (κ1) is 13.5. The maximum Gasteiger partial charge on any atom is 0.145 e. The highest BCUT2D eigenvalue weighted by Gasteiger charge is 2.16. The van der Waals surface area contributed by atoms with Crippen LogP contribution in [0.5, 0.6) is 5.75 Å². The molecule has 2 aromatic rings. The first-order valence-electron chi connectivity index (χ1n) is 5.47. The van der Waals surface area contributed by atoms with Crippen molar-refractivity contribution in [3.05, 3.63) is 50.4 Å². The Morgan fingerprint density at radius 2 is 2.22 bits per heavy atom. The van der Waals surface area contributed by atoms with Gasteiger partial charge in [0.05, 0.1) is 4.47 Å². The molecule has 2 N–H and O–H groups in total. The van der Waals surface area contributed by atoms with Crippen LogP contribution in [0, 0.1) is 12.7 Å². The molecule has 0 spiro atoms. The predicted octanol–water partition coefficient (Wildman–Crippen LogP) is 4.04. The van der Waals surface area contributed by atoms with Crippen LogP contribution in [0.3, 0.4) is 0 Å². The van der Waals surface area contributed by atoms with Crippen molar-refractivity contribution in [3.63, 3.8) is 0 Å². The number of thiophene rings is 1. The second-order valence-electron chi connectivity index (χ2n) is 3.89. The van der Waals surface area contributed by atoms with E-state index in [4.69, 9.17) is 10.5 Å². The van der Waals surface area contributed by atoms with E-state index in [9.17, 15) is 4.39 Å².